The predicted octanol–water partition coefficient (Wildman–Crippen LogP) is 2.12. The van der Waals surface area contributed by atoms with Crippen LogP contribution in [0.1, 0.15) is 13.8 Å². The summed E-state index contributed by atoms with van der Waals surface area (Å²) in [7, 11) is -2.35. The minimum Gasteiger partial charge on any atom is -0.382 e. The smallest absolute Gasteiger partial charge is 0.165 e. The standard InChI is InChI=1S/C13H21FN5O2P/c1-3-22(20,4-2)9-21-10(5-14)6-19-8-18-11-12(15)16-7-17-13(11)19/h7-8,10H,3-6,9H2,1-2H3,(H2,15,16,17)/t10-/m1/s1. The summed E-state index contributed by atoms with van der Waals surface area (Å²) >= 11 is 0. The van der Waals surface area contributed by atoms with Crippen molar-refractivity contribution in [3.63, 3.8) is 0 Å². The monoisotopic (exact) mass is 329 g/mol. The van der Waals surface area contributed by atoms with Crippen LogP contribution in [-0.2, 0) is 15.8 Å². The van der Waals surface area contributed by atoms with Crippen molar-refractivity contribution < 1.29 is 13.7 Å². The van der Waals surface area contributed by atoms with Crippen LogP contribution >= 0.6 is 7.14 Å². The molecule has 0 aliphatic rings. The average molecular weight is 329 g/mol. The molecule has 0 aromatic carbocycles. The van der Waals surface area contributed by atoms with Gasteiger partial charge in [0.05, 0.1) is 12.9 Å². The summed E-state index contributed by atoms with van der Waals surface area (Å²) in [6.07, 6.45) is 3.38. The lowest BCUT2D eigenvalue weighted by atomic mass is 10.4. The number of anilines is 1. The number of ether oxygens (including phenoxy) is 1. The summed E-state index contributed by atoms with van der Waals surface area (Å²) in [6.45, 7) is 3.28. The fourth-order valence-corrected chi connectivity index (χ4v) is 3.34. The molecule has 2 heterocycles. The van der Waals surface area contributed by atoms with E-state index in [9.17, 15) is 8.96 Å². The molecule has 22 heavy (non-hydrogen) atoms. The number of nitrogens with two attached hydrogens (primary N) is 1. The van der Waals surface area contributed by atoms with Gasteiger partial charge in [0.25, 0.3) is 0 Å². The third-order valence-corrected chi connectivity index (χ3v) is 6.62. The minimum atomic E-state index is -2.35. The highest BCUT2D eigenvalue weighted by molar-refractivity contribution is 7.63. The van der Waals surface area contributed by atoms with E-state index in [1.165, 1.54) is 12.7 Å². The van der Waals surface area contributed by atoms with E-state index in [1.807, 2.05) is 13.8 Å². The fourth-order valence-electron chi connectivity index (χ4n) is 2.05. The molecule has 7 nitrogen and oxygen atoms in total. The Bertz CT molecular complexity index is 669. The van der Waals surface area contributed by atoms with Crippen LogP contribution in [-0.4, -0.2) is 51.0 Å². The van der Waals surface area contributed by atoms with Gasteiger partial charge in [-0.25, -0.2) is 19.3 Å². The second-order valence-electron chi connectivity index (χ2n) is 5.09. The fraction of sp³-hybridized carbons (Fsp3) is 0.615. The van der Waals surface area contributed by atoms with Gasteiger partial charge in [-0.05, 0) is 0 Å². The Labute approximate surface area is 128 Å². The molecule has 0 saturated heterocycles. The summed E-state index contributed by atoms with van der Waals surface area (Å²) in [5.74, 6) is 0.280. The Morgan fingerprint density at radius 3 is 2.73 bits per heavy atom. The number of nitrogen functional groups attached to an aromatic ring is 1. The lowest BCUT2D eigenvalue weighted by molar-refractivity contribution is 0.0521. The van der Waals surface area contributed by atoms with Gasteiger partial charge in [0.2, 0.25) is 0 Å². The van der Waals surface area contributed by atoms with Gasteiger partial charge in [-0.1, -0.05) is 13.8 Å². The van der Waals surface area contributed by atoms with E-state index in [0.717, 1.165) is 0 Å². The van der Waals surface area contributed by atoms with Crippen LogP contribution < -0.4 is 5.73 Å². The second-order valence-corrected chi connectivity index (χ2v) is 8.73. The predicted molar refractivity (Wildman–Crippen MR) is 84.1 cm³/mol. The van der Waals surface area contributed by atoms with E-state index in [-0.39, 0.29) is 18.7 Å². The molecule has 0 saturated carbocycles. The minimum absolute atomic E-state index is 0.0956. The van der Waals surface area contributed by atoms with Crippen LogP contribution in [0.3, 0.4) is 0 Å². The van der Waals surface area contributed by atoms with Crippen molar-refractivity contribution in [2.24, 2.45) is 0 Å². The molecule has 2 rings (SSSR count). The maximum atomic E-state index is 13.2. The van der Waals surface area contributed by atoms with E-state index in [4.69, 9.17) is 10.5 Å². The quantitative estimate of drug-likeness (QED) is 0.745. The molecule has 0 aliphatic heterocycles. The largest absolute Gasteiger partial charge is 0.382 e. The highest BCUT2D eigenvalue weighted by atomic mass is 31.2. The zero-order valence-corrected chi connectivity index (χ0v) is 13.7. The molecular weight excluding hydrogens is 308 g/mol. The van der Waals surface area contributed by atoms with E-state index < -0.39 is 19.9 Å². The highest BCUT2D eigenvalue weighted by Gasteiger charge is 2.21. The van der Waals surface area contributed by atoms with Gasteiger partial charge in [0.15, 0.2) is 11.5 Å². The second kappa shape index (κ2) is 7.15. The van der Waals surface area contributed by atoms with Gasteiger partial charge in [-0.2, -0.15) is 0 Å². The summed E-state index contributed by atoms with van der Waals surface area (Å²) in [5, 5.41) is 0. The maximum Gasteiger partial charge on any atom is 0.165 e. The van der Waals surface area contributed by atoms with Gasteiger partial charge >= 0.3 is 0 Å². The first-order chi connectivity index (χ1) is 10.5. The van der Waals surface area contributed by atoms with E-state index in [0.29, 0.717) is 23.5 Å². The normalized spacial score (nSPS) is 13.6. The van der Waals surface area contributed by atoms with Crippen LogP contribution in [0.2, 0.25) is 0 Å². The number of nitrogens with zero attached hydrogens (tertiary/aromatic N) is 4. The number of aromatic nitrogens is 4. The topological polar surface area (TPSA) is 95.9 Å². The van der Waals surface area contributed by atoms with Gasteiger partial charge in [0.1, 0.15) is 38.1 Å². The summed E-state index contributed by atoms with van der Waals surface area (Å²) < 4.78 is 32.7. The summed E-state index contributed by atoms with van der Waals surface area (Å²) in [6, 6.07) is 0. The summed E-state index contributed by atoms with van der Waals surface area (Å²) in [4.78, 5) is 12.1. The molecule has 0 amide bonds. The van der Waals surface area contributed by atoms with Crippen LogP contribution in [0.4, 0.5) is 10.2 Å². The van der Waals surface area contributed by atoms with Crippen molar-refractivity contribution in [2.75, 3.05) is 31.1 Å². The number of hydrogen-bond donors (Lipinski definition) is 1. The number of imidazole rings is 1. The number of fused-ring (bicyclic) bond motifs is 1. The molecule has 2 N–H and O–H groups in total. The molecule has 0 spiro atoms. The Morgan fingerprint density at radius 2 is 2.09 bits per heavy atom. The molecule has 2 aromatic rings. The van der Waals surface area contributed by atoms with Gasteiger partial charge < -0.3 is 19.6 Å². The van der Waals surface area contributed by atoms with Gasteiger partial charge in [-0.15, -0.1) is 0 Å². The molecule has 0 bridgehead atoms. The Balaban J connectivity index is 2.09. The Kier molecular flexibility index (Phi) is 5.47. The number of hydrogen-bond acceptors (Lipinski definition) is 6. The Morgan fingerprint density at radius 1 is 1.36 bits per heavy atom. The molecular formula is C13H21FN5O2P. The Hall–Kier alpha value is -1.53. The first kappa shape index (κ1) is 16.8. The van der Waals surface area contributed by atoms with Gasteiger partial charge in [-0.3, -0.25) is 0 Å². The van der Waals surface area contributed by atoms with Crippen molar-refractivity contribution in [1.82, 2.24) is 19.5 Å². The molecule has 122 valence electrons. The lowest BCUT2D eigenvalue weighted by Gasteiger charge is -2.20. The molecule has 2 aromatic heterocycles. The zero-order valence-electron chi connectivity index (χ0n) is 12.8. The summed E-state index contributed by atoms with van der Waals surface area (Å²) in [5.41, 5.74) is 6.73. The third kappa shape index (κ3) is 3.62. The van der Waals surface area contributed by atoms with Crippen molar-refractivity contribution in [1.29, 1.82) is 0 Å². The first-order valence-corrected chi connectivity index (χ1v) is 9.45. The van der Waals surface area contributed by atoms with Crippen LogP contribution in [0, 0.1) is 0 Å². The third-order valence-electron chi connectivity index (χ3n) is 3.70. The van der Waals surface area contributed by atoms with Crippen molar-refractivity contribution in [2.45, 2.75) is 26.5 Å². The molecule has 1 atom stereocenters. The molecule has 0 aliphatic carbocycles. The maximum absolute atomic E-state index is 13.2. The SMILES string of the molecule is CCP(=O)(CC)CO[C@H](CF)Cn1cnc2c(N)ncnc21. The first-order valence-electron chi connectivity index (χ1n) is 7.19. The number of rotatable bonds is 8. The van der Waals surface area contributed by atoms with Crippen LogP contribution in [0.25, 0.3) is 11.2 Å². The van der Waals surface area contributed by atoms with Crippen LogP contribution in [0.15, 0.2) is 12.7 Å². The van der Waals surface area contributed by atoms with Crippen LogP contribution in [0.5, 0.6) is 0 Å². The molecule has 0 radical (unpaired) electrons. The van der Waals surface area contributed by atoms with Gasteiger partial charge in [0, 0.05) is 12.3 Å². The number of alkyl halides is 1. The van der Waals surface area contributed by atoms with Crippen molar-refractivity contribution in [3.8, 4) is 0 Å². The number of halogens is 1. The zero-order chi connectivity index (χ0) is 16.2. The molecule has 0 unspecified atom stereocenters. The molecule has 0 fully saturated rings. The van der Waals surface area contributed by atoms with E-state index in [2.05, 4.69) is 15.0 Å². The molecule has 9 heteroatoms. The highest BCUT2D eigenvalue weighted by Crippen LogP contribution is 2.44. The van der Waals surface area contributed by atoms with E-state index in [1.54, 1.807) is 4.57 Å². The lowest BCUT2D eigenvalue weighted by Crippen LogP contribution is -2.23. The van der Waals surface area contributed by atoms with Crippen molar-refractivity contribution >= 4 is 24.1 Å². The van der Waals surface area contributed by atoms with Crippen molar-refractivity contribution in [3.05, 3.63) is 12.7 Å². The average Bonchev–Trinajstić information content (AvgIpc) is 2.95. The van der Waals surface area contributed by atoms with E-state index >= 15 is 0 Å².